The van der Waals surface area contributed by atoms with Crippen molar-refractivity contribution in [3.05, 3.63) is 29.8 Å². The topological polar surface area (TPSA) is 79.2 Å². The zero-order chi connectivity index (χ0) is 13.4. The van der Waals surface area contributed by atoms with Gasteiger partial charge in [0.25, 0.3) is 5.91 Å². The fraction of sp³-hybridized carbons (Fsp3) is 0.250. The normalized spacial score (nSPS) is 9.33. The number of methoxy groups -OCH3 is 1. The van der Waals surface area contributed by atoms with Crippen LogP contribution in [0, 0.1) is 11.3 Å². The second kappa shape index (κ2) is 7.35. The van der Waals surface area contributed by atoms with E-state index in [0.29, 0.717) is 10.5 Å². The second-order valence-corrected chi connectivity index (χ2v) is 4.22. The lowest BCUT2D eigenvalue weighted by Gasteiger charge is -2.07. The van der Waals surface area contributed by atoms with Crippen LogP contribution >= 0.6 is 11.8 Å². The highest BCUT2D eigenvalue weighted by Crippen LogP contribution is 2.21. The number of nitrogens with one attached hydrogen (secondary N) is 1. The minimum Gasteiger partial charge on any atom is -0.468 e. The average Bonchev–Trinajstić information content (AvgIpc) is 2.42. The third-order valence-electron chi connectivity index (χ3n) is 2.04. The first-order valence-electron chi connectivity index (χ1n) is 5.13. The van der Waals surface area contributed by atoms with Gasteiger partial charge in [-0.2, -0.15) is 5.26 Å². The molecule has 5 nitrogen and oxygen atoms in total. The quantitative estimate of drug-likeness (QED) is 0.638. The standard InChI is InChI=1S/C12H12N2O3S/c1-17-11(15)8-14-12(16)9-4-2-3-5-10(9)18-7-6-13/h2-5H,7-8H2,1H3,(H,14,16). The molecular weight excluding hydrogens is 252 g/mol. The molecule has 0 saturated heterocycles. The van der Waals surface area contributed by atoms with Crippen LogP contribution in [-0.2, 0) is 9.53 Å². The van der Waals surface area contributed by atoms with Crippen molar-refractivity contribution in [2.75, 3.05) is 19.4 Å². The van der Waals surface area contributed by atoms with Gasteiger partial charge in [-0.1, -0.05) is 12.1 Å². The van der Waals surface area contributed by atoms with Crippen LogP contribution in [0.2, 0.25) is 0 Å². The molecular formula is C12H12N2O3S. The van der Waals surface area contributed by atoms with E-state index in [4.69, 9.17) is 5.26 Å². The Hall–Kier alpha value is -2.00. The van der Waals surface area contributed by atoms with E-state index in [2.05, 4.69) is 10.1 Å². The minimum absolute atomic E-state index is 0.174. The summed E-state index contributed by atoms with van der Waals surface area (Å²) in [6, 6.07) is 8.92. The van der Waals surface area contributed by atoms with Crippen molar-refractivity contribution in [3.63, 3.8) is 0 Å². The summed E-state index contributed by atoms with van der Waals surface area (Å²) in [5.74, 6) is -0.603. The summed E-state index contributed by atoms with van der Waals surface area (Å²) < 4.78 is 4.43. The van der Waals surface area contributed by atoms with Crippen molar-refractivity contribution in [1.29, 1.82) is 5.26 Å². The number of hydrogen-bond acceptors (Lipinski definition) is 5. The fourth-order valence-electron chi connectivity index (χ4n) is 1.21. The Morgan fingerprint density at radius 1 is 1.44 bits per heavy atom. The molecule has 6 heteroatoms. The van der Waals surface area contributed by atoms with Crippen molar-refractivity contribution >= 4 is 23.6 Å². The zero-order valence-corrected chi connectivity index (χ0v) is 10.6. The molecule has 0 aliphatic heterocycles. The highest BCUT2D eigenvalue weighted by Gasteiger charge is 2.12. The lowest BCUT2D eigenvalue weighted by molar-refractivity contribution is -0.139. The molecule has 1 aromatic carbocycles. The summed E-state index contributed by atoms with van der Waals surface area (Å²) in [6.07, 6.45) is 0. The Labute approximate surface area is 109 Å². The van der Waals surface area contributed by atoms with Crippen molar-refractivity contribution < 1.29 is 14.3 Å². The highest BCUT2D eigenvalue weighted by molar-refractivity contribution is 7.99. The van der Waals surface area contributed by atoms with E-state index < -0.39 is 5.97 Å². The van der Waals surface area contributed by atoms with E-state index in [1.807, 2.05) is 6.07 Å². The van der Waals surface area contributed by atoms with Gasteiger partial charge < -0.3 is 10.1 Å². The van der Waals surface area contributed by atoms with Gasteiger partial charge in [-0.25, -0.2) is 0 Å². The maximum absolute atomic E-state index is 11.8. The van der Waals surface area contributed by atoms with Gasteiger partial charge in [0, 0.05) is 4.90 Å². The largest absolute Gasteiger partial charge is 0.468 e. The van der Waals surface area contributed by atoms with Crippen LogP contribution in [-0.4, -0.2) is 31.3 Å². The summed E-state index contributed by atoms with van der Waals surface area (Å²) in [5, 5.41) is 11.0. The molecule has 1 N–H and O–H groups in total. The van der Waals surface area contributed by atoms with Gasteiger partial charge in [-0.15, -0.1) is 11.8 Å². The zero-order valence-electron chi connectivity index (χ0n) is 9.80. The number of carbonyl (C=O) groups is 2. The number of ether oxygens (including phenoxy) is 1. The molecule has 0 saturated carbocycles. The molecule has 0 bridgehead atoms. The van der Waals surface area contributed by atoms with Crippen LogP contribution < -0.4 is 5.32 Å². The third-order valence-corrected chi connectivity index (χ3v) is 2.99. The third kappa shape index (κ3) is 4.11. The predicted octanol–water partition coefficient (Wildman–Crippen LogP) is 1.21. The fourth-order valence-corrected chi connectivity index (χ4v) is 1.92. The SMILES string of the molecule is COC(=O)CNC(=O)c1ccccc1SCC#N. The molecule has 0 unspecified atom stereocenters. The summed E-state index contributed by atoms with van der Waals surface area (Å²) in [5.41, 5.74) is 0.446. The molecule has 94 valence electrons. The summed E-state index contributed by atoms with van der Waals surface area (Å²) in [6.45, 7) is -0.174. The van der Waals surface area contributed by atoms with E-state index in [0.717, 1.165) is 0 Å². The van der Waals surface area contributed by atoms with Gasteiger partial charge in [-0.3, -0.25) is 9.59 Å². The number of amides is 1. The molecule has 18 heavy (non-hydrogen) atoms. The Kier molecular flexibility index (Phi) is 5.74. The average molecular weight is 264 g/mol. The predicted molar refractivity (Wildman–Crippen MR) is 67.1 cm³/mol. The monoisotopic (exact) mass is 264 g/mol. The Morgan fingerprint density at radius 3 is 2.83 bits per heavy atom. The molecule has 0 fully saturated rings. The number of hydrogen-bond donors (Lipinski definition) is 1. The van der Waals surface area contributed by atoms with Gasteiger partial charge >= 0.3 is 5.97 Å². The van der Waals surface area contributed by atoms with E-state index in [9.17, 15) is 9.59 Å². The number of carbonyl (C=O) groups excluding carboxylic acids is 2. The lowest BCUT2D eigenvalue weighted by atomic mass is 10.2. The maximum Gasteiger partial charge on any atom is 0.325 e. The molecule has 0 aliphatic rings. The number of rotatable bonds is 5. The van der Waals surface area contributed by atoms with Gasteiger partial charge in [0.05, 0.1) is 24.5 Å². The maximum atomic E-state index is 11.8. The Balaban J connectivity index is 2.72. The van der Waals surface area contributed by atoms with E-state index in [-0.39, 0.29) is 18.2 Å². The van der Waals surface area contributed by atoms with Crippen molar-refractivity contribution in [2.24, 2.45) is 0 Å². The van der Waals surface area contributed by atoms with Crippen molar-refractivity contribution in [1.82, 2.24) is 5.32 Å². The minimum atomic E-state index is -0.509. The first-order valence-corrected chi connectivity index (χ1v) is 6.11. The number of esters is 1. The van der Waals surface area contributed by atoms with E-state index in [1.165, 1.54) is 18.9 Å². The van der Waals surface area contributed by atoms with Gasteiger partial charge in [0.1, 0.15) is 6.54 Å². The first-order chi connectivity index (χ1) is 8.69. The Morgan fingerprint density at radius 2 is 2.17 bits per heavy atom. The van der Waals surface area contributed by atoms with Crippen LogP contribution in [0.15, 0.2) is 29.2 Å². The van der Waals surface area contributed by atoms with Gasteiger partial charge in [-0.05, 0) is 12.1 Å². The summed E-state index contributed by atoms with van der Waals surface area (Å²) in [4.78, 5) is 23.5. The van der Waals surface area contributed by atoms with Crippen LogP contribution in [0.3, 0.4) is 0 Å². The van der Waals surface area contributed by atoms with E-state index >= 15 is 0 Å². The summed E-state index contributed by atoms with van der Waals surface area (Å²) in [7, 11) is 1.26. The molecule has 1 rings (SSSR count). The highest BCUT2D eigenvalue weighted by atomic mass is 32.2. The molecule has 0 spiro atoms. The number of nitrogens with zero attached hydrogens (tertiary/aromatic N) is 1. The molecule has 0 aromatic heterocycles. The second-order valence-electron chi connectivity index (χ2n) is 3.20. The van der Waals surface area contributed by atoms with E-state index in [1.54, 1.807) is 24.3 Å². The van der Waals surface area contributed by atoms with Gasteiger partial charge in [0.15, 0.2) is 0 Å². The van der Waals surface area contributed by atoms with Crippen molar-refractivity contribution in [2.45, 2.75) is 4.90 Å². The number of thioether (sulfide) groups is 1. The van der Waals surface area contributed by atoms with Crippen LogP contribution in [0.25, 0.3) is 0 Å². The molecule has 0 aliphatic carbocycles. The Bertz CT molecular complexity index is 482. The smallest absolute Gasteiger partial charge is 0.325 e. The molecule has 1 amide bonds. The molecule has 0 heterocycles. The number of nitriles is 1. The molecule has 0 radical (unpaired) electrons. The lowest BCUT2D eigenvalue weighted by Crippen LogP contribution is -2.30. The summed E-state index contributed by atoms with van der Waals surface area (Å²) >= 11 is 1.28. The van der Waals surface area contributed by atoms with Crippen molar-refractivity contribution in [3.8, 4) is 6.07 Å². The van der Waals surface area contributed by atoms with Crippen LogP contribution in [0.4, 0.5) is 0 Å². The van der Waals surface area contributed by atoms with Crippen LogP contribution in [0.5, 0.6) is 0 Å². The number of benzene rings is 1. The van der Waals surface area contributed by atoms with Crippen LogP contribution in [0.1, 0.15) is 10.4 Å². The van der Waals surface area contributed by atoms with Gasteiger partial charge in [0.2, 0.25) is 0 Å². The molecule has 1 aromatic rings. The molecule has 0 atom stereocenters. The first kappa shape index (κ1) is 14.1.